The zero-order chi connectivity index (χ0) is 13.2. The van der Waals surface area contributed by atoms with Crippen LogP contribution in [-0.4, -0.2) is 41.9 Å². The summed E-state index contributed by atoms with van der Waals surface area (Å²) >= 11 is 0. The molecular weight excluding hydrogens is 218 g/mol. The number of carbonyl (C=O) groups excluding carboxylic acids is 2. The van der Waals surface area contributed by atoms with Crippen LogP contribution < -0.4 is 11.1 Å². The molecule has 1 saturated heterocycles. The van der Waals surface area contributed by atoms with Crippen LogP contribution in [0.15, 0.2) is 0 Å². The molecule has 2 amide bonds. The summed E-state index contributed by atoms with van der Waals surface area (Å²) in [5, 5.41) is 2.37. The van der Waals surface area contributed by atoms with Crippen molar-refractivity contribution in [2.45, 2.75) is 33.2 Å². The number of rotatable bonds is 4. The van der Waals surface area contributed by atoms with Crippen LogP contribution in [-0.2, 0) is 9.59 Å². The maximum atomic E-state index is 11.8. The average molecular weight is 241 g/mol. The fraction of sp³-hybridized carbons (Fsp3) is 0.833. The molecule has 1 aliphatic heterocycles. The second-order valence-electron chi connectivity index (χ2n) is 5.56. The molecule has 0 aliphatic carbocycles. The number of nitrogens with one attached hydrogen (secondary N) is 1. The molecule has 1 rings (SSSR count). The summed E-state index contributed by atoms with van der Waals surface area (Å²) in [4.78, 5) is 25.1. The van der Waals surface area contributed by atoms with Gasteiger partial charge in [0.2, 0.25) is 11.8 Å². The van der Waals surface area contributed by atoms with Crippen molar-refractivity contribution in [3.05, 3.63) is 0 Å². The Morgan fingerprint density at radius 3 is 2.47 bits per heavy atom. The van der Waals surface area contributed by atoms with E-state index in [0.29, 0.717) is 24.9 Å². The standard InChI is InChI=1S/C12H23N3O2/c1-8(2)9(5-13)6-15-7-10(16)14-11(17)12(15,3)4/h8-9H,5-7,13H2,1-4H3,(H,14,16,17). The lowest BCUT2D eigenvalue weighted by Gasteiger charge is -2.42. The number of nitrogens with zero attached hydrogens (tertiary/aromatic N) is 1. The molecular formula is C12H23N3O2. The lowest BCUT2D eigenvalue weighted by atomic mass is 9.91. The molecule has 0 spiro atoms. The van der Waals surface area contributed by atoms with Crippen LogP contribution >= 0.6 is 0 Å². The predicted octanol–water partition coefficient (Wildman–Crippen LogP) is -0.0457. The van der Waals surface area contributed by atoms with Crippen LogP contribution in [0.5, 0.6) is 0 Å². The molecule has 0 bridgehead atoms. The van der Waals surface area contributed by atoms with Gasteiger partial charge in [-0.3, -0.25) is 19.8 Å². The number of amides is 2. The van der Waals surface area contributed by atoms with E-state index in [4.69, 9.17) is 5.73 Å². The van der Waals surface area contributed by atoms with Gasteiger partial charge in [0.25, 0.3) is 0 Å². The van der Waals surface area contributed by atoms with E-state index >= 15 is 0 Å². The first kappa shape index (κ1) is 14.1. The van der Waals surface area contributed by atoms with Crippen LogP contribution in [0.25, 0.3) is 0 Å². The molecule has 98 valence electrons. The lowest BCUT2D eigenvalue weighted by Crippen LogP contribution is -2.65. The highest BCUT2D eigenvalue weighted by molar-refractivity contribution is 6.02. The summed E-state index contributed by atoms with van der Waals surface area (Å²) in [7, 11) is 0. The van der Waals surface area contributed by atoms with Crippen LogP contribution in [0.2, 0.25) is 0 Å². The number of hydrogen-bond donors (Lipinski definition) is 2. The molecule has 5 heteroatoms. The monoisotopic (exact) mass is 241 g/mol. The lowest BCUT2D eigenvalue weighted by molar-refractivity contribution is -0.145. The van der Waals surface area contributed by atoms with Crippen LogP contribution in [0.3, 0.4) is 0 Å². The summed E-state index contributed by atoms with van der Waals surface area (Å²) in [5.74, 6) is 0.283. The number of piperazine rings is 1. The Morgan fingerprint density at radius 2 is 2.00 bits per heavy atom. The first-order valence-electron chi connectivity index (χ1n) is 6.08. The predicted molar refractivity (Wildman–Crippen MR) is 66.2 cm³/mol. The Hall–Kier alpha value is -0.940. The Balaban J connectivity index is 2.79. The molecule has 1 fully saturated rings. The van der Waals surface area contributed by atoms with Crippen molar-refractivity contribution in [1.82, 2.24) is 10.2 Å². The quantitative estimate of drug-likeness (QED) is 0.677. The SMILES string of the molecule is CC(C)C(CN)CN1CC(=O)NC(=O)C1(C)C. The first-order chi connectivity index (χ1) is 7.78. The molecule has 3 N–H and O–H groups in total. The zero-order valence-electron chi connectivity index (χ0n) is 11.1. The van der Waals surface area contributed by atoms with Crippen molar-refractivity contribution >= 4 is 11.8 Å². The third-order valence-electron chi connectivity index (χ3n) is 3.63. The van der Waals surface area contributed by atoms with Gasteiger partial charge in [-0.2, -0.15) is 0 Å². The second-order valence-corrected chi connectivity index (χ2v) is 5.56. The van der Waals surface area contributed by atoms with Crippen molar-refractivity contribution in [3.8, 4) is 0 Å². The molecule has 0 aromatic carbocycles. The summed E-state index contributed by atoms with van der Waals surface area (Å²) in [6.45, 7) is 9.40. The molecule has 1 aliphatic rings. The van der Waals surface area contributed by atoms with Gasteiger partial charge < -0.3 is 5.73 Å². The van der Waals surface area contributed by atoms with Crippen LogP contribution in [0, 0.1) is 11.8 Å². The van der Waals surface area contributed by atoms with Gasteiger partial charge >= 0.3 is 0 Å². The minimum Gasteiger partial charge on any atom is -0.330 e. The van der Waals surface area contributed by atoms with Crippen molar-refractivity contribution in [2.75, 3.05) is 19.6 Å². The van der Waals surface area contributed by atoms with E-state index < -0.39 is 5.54 Å². The highest BCUT2D eigenvalue weighted by atomic mass is 16.2. The molecule has 5 nitrogen and oxygen atoms in total. The van der Waals surface area contributed by atoms with Gasteiger partial charge in [0.15, 0.2) is 0 Å². The van der Waals surface area contributed by atoms with Gasteiger partial charge in [-0.25, -0.2) is 0 Å². The van der Waals surface area contributed by atoms with Crippen LogP contribution in [0.1, 0.15) is 27.7 Å². The smallest absolute Gasteiger partial charge is 0.246 e. The summed E-state index contributed by atoms with van der Waals surface area (Å²) in [5.41, 5.74) is 5.09. The summed E-state index contributed by atoms with van der Waals surface area (Å²) in [6.07, 6.45) is 0. The highest BCUT2D eigenvalue weighted by Gasteiger charge is 2.41. The van der Waals surface area contributed by atoms with Gasteiger partial charge in [0.05, 0.1) is 12.1 Å². The maximum Gasteiger partial charge on any atom is 0.246 e. The van der Waals surface area contributed by atoms with Crippen LogP contribution in [0.4, 0.5) is 0 Å². The molecule has 1 unspecified atom stereocenters. The molecule has 0 aromatic rings. The van der Waals surface area contributed by atoms with Gasteiger partial charge in [0, 0.05) is 6.54 Å². The Bertz CT molecular complexity index is 313. The normalized spacial score (nSPS) is 22.7. The topological polar surface area (TPSA) is 75.4 Å². The number of hydrogen-bond acceptors (Lipinski definition) is 4. The van der Waals surface area contributed by atoms with E-state index in [0.717, 1.165) is 0 Å². The number of carbonyl (C=O) groups is 2. The highest BCUT2D eigenvalue weighted by Crippen LogP contribution is 2.21. The van der Waals surface area contributed by atoms with Crippen molar-refractivity contribution in [1.29, 1.82) is 0 Å². The molecule has 0 aromatic heterocycles. The van der Waals surface area contributed by atoms with E-state index in [9.17, 15) is 9.59 Å². The van der Waals surface area contributed by atoms with Crippen molar-refractivity contribution in [2.24, 2.45) is 17.6 Å². The van der Waals surface area contributed by atoms with E-state index in [1.165, 1.54) is 0 Å². The van der Waals surface area contributed by atoms with Crippen molar-refractivity contribution in [3.63, 3.8) is 0 Å². The minimum absolute atomic E-state index is 0.228. The largest absolute Gasteiger partial charge is 0.330 e. The van der Waals surface area contributed by atoms with Gasteiger partial charge in [-0.15, -0.1) is 0 Å². The summed E-state index contributed by atoms with van der Waals surface area (Å²) in [6, 6.07) is 0. The van der Waals surface area contributed by atoms with Crippen molar-refractivity contribution < 1.29 is 9.59 Å². The third kappa shape index (κ3) is 3.04. The maximum absolute atomic E-state index is 11.8. The Labute approximate surface area is 103 Å². The number of nitrogens with two attached hydrogens (primary N) is 1. The number of imide groups is 1. The third-order valence-corrected chi connectivity index (χ3v) is 3.63. The van der Waals surface area contributed by atoms with Gasteiger partial charge in [0.1, 0.15) is 0 Å². The van der Waals surface area contributed by atoms with E-state index in [2.05, 4.69) is 19.2 Å². The molecule has 0 radical (unpaired) electrons. The summed E-state index contributed by atoms with van der Waals surface area (Å²) < 4.78 is 0. The van der Waals surface area contributed by atoms with E-state index in [-0.39, 0.29) is 18.4 Å². The first-order valence-corrected chi connectivity index (χ1v) is 6.08. The van der Waals surface area contributed by atoms with Gasteiger partial charge in [-0.05, 0) is 32.2 Å². The fourth-order valence-electron chi connectivity index (χ4n) is 1.97. The Morgan fingerprint density at radius 1 is 1.41 bits per heavy atom. The van der Waals surface area contributed by atoms with Gasteiger partial charge in [-0.1, -0.05) is 13.8 Å². The fourth-order valence-corrected chi connectivity index (χ4v) is 1.97. The molecule has 17 heavy (non-hydrogen) atoms. The second kappa shape index (κ2) is 5.14. The molecule has 1 atom stereocenters. The zero-order valence-corrected chi connectivity index (χ0v) is 11.1. The average Bonchev–Trinajstić information content (AvgIpc) is 2.21. The molecule has 1 heterocycles. The van der Waals surface area contributed by atoms with E-state index in [1.807, 2.05) is 18.7 Å². The Kier molecular flexibility index (Phi) is 4.27. The molecule has 0 saturated carbocycles. The van der Waals surface area contributed by atoms with E-state index in [1.54, 1.807) is 0 Å². The minimum atomic E-state index is -0.643.